The highest BCUT2D eigenvalue weighted by Gasteiger charge is 2.32. The monoisotopic (exact) mass is 418 g/mol. The van der Waals surface area contributed by atoms with Crippen LogP contribution in [0.15, 0.2) is 21.6 Å². The van der Waals surface area contributed by atoms with Gasteiger partial charge in [0, 0.05) is 11.1 Å². The molecule has 1 unspecified atom stereocenters. The van der Waals surface area contributed by atoms with E-state index in [2.05, 4.69) is 36.5 Å². The van der Waals surface area contributed by atoms with Crippen molar-refractivity contribution in [2.75, 3.05) is 16.8 Å². The molecule has 130 valence electrons. The first-order chi connectivity index (χ1) is 12.4. The van der Waals surface area contributed by atoms with E-state index in [-0.39, 0.29) is 44.4 Å². The Kier molecular flexibility index (Phi) is 4.32. The van der Waals surface area contributed by atoms with Crippen LogP contribution < -0.4 is 22.1 Å². The minimum absolute atomic E-state index is 0.0270. The average Bonchev–Trinajstić information content (AvgIpc) is 2.59. The van der Waals surface area contributed by atoms with Crippen LogP contribution >= 0.6 is 15.9 Å². The second-order valence-corrected chi connectivity index (χ2v) is 5.96. The van der Waals surface area contributed by atoms with Gasteiger partial charge in [-0.15, -0.1) is 0 Å². The summed E-state index contributed by atoms with van der Waals surface area (Å²) in [5.41, 5.74) is 11.8. The summed E-state index contributed by atoms with van der Waals surface area (Å²) in [6.07, 6.45) is 1.68. The van der Waals surface area contributed by atoms with E-state index in [4.69, 9.17) is 16.7 Å². The number of anilines is 3. The number of fused-ring (bicyclic) bond motifs is 1. The van der Waals surface area contributed by atoms with Gasteiger partial charge < -0.3 is 16.8 Å². The van der Waals surface area contributed by atoms with Crippen LogP contribution in [-0.4, -0.2) is 10.9 Å². The van der Waals surface area contributed by atoms with Crippen LogP contribution in [-0.2, 0) is 0 Å². The predicted octanol–water partition coefficient (Wildman–Crippen LogP) is 2.10. The van der Waals surface area contributed by atoms with Gasteiger partial charge in [0.2, 0.25) is 5.96 Å². The van der Waals surface area contributed by atoms with Crippen LogP contribution in [0.25, 0.3) is 0 Å². The Hall–Kier alpha value is -3.44. The first kappa shape index (κ1) is 17.4. The van der Waals surface area contributed by atoms with Crippen molar-refractivity contribution in [2.45, 2.75) is 6.04 Å². The molecule has 1 aliphatic rings. The number of nitriles is 2. The molecule has 11 heteroatoms. The van der Waals surface area contributed by atoms with E-state index in [9.17, 15) is 14.0 Å². The second kappa shape index (κ2) is 6.46. The highest BCUT2D eigenvalue weighted by molar-refractivity contribution is 9.10. The van der Waals surface area contributed by atoms with Crippen LogP contribution in [0, 0.1) is 34.4 Å². The SMILES string of the molecule is N#CNC1=NC(c2ccc(F)c(Br)c2F)c2c(nc(N)c(C#N)c2N)N1. The van der Waals surface area contributed by atoms with E-state index in [0.29, 0.717) is 0 Å². The van der Waals surface area contributed by atoms with Crippen molar-refractivity contribution >= 4 is 39.2 Å². The molecular weight excluding hydrogens is 410 g/mol. The number of halogens is 3. The third kappa shape index (κ3) is 2.64. The zero-order chi connectivity index (χ0) is 19.0. The summed E-state index contributed by atoms with van der Waals surface area (Å²) >= 11 is 2.84. The normalized spacial score (nSPS) is 15.1. The molecule has 26 heavy (non-hydrogen) atoms. The summed E-state index contributed by atoms with van der Waals surface area (Å²) in [6.45, 7) is 0. The molecule has 1 aromatic carbocycles. The van der Waals surface area contributed by atoms with Crippen LogP contribution in [0.2, 0.25) is 0 Å². The Labute approximate surface area is 154 Å². The number of aliphatic imine (C=N–C) groups is 1. The maximum atomic E-state index is 14.6. The number of hydrogen-bond acceptors (Lipinski definition) is 8. The van der Waals surface area contributed by atoms with Crippen molar-refractivity contribution in [1.82, 2.24) is 10.3 Å². The molecule has 6 N–H and O–H groups in total. The van der Waals surface area contributed by atoms with Gasteiger partial charge in [-0.25, -0.2) is 18.8 Å². The molecule has 0 bridgehead atoms. The molecule has 1 atom stereocenters. The highest BCUT2D eigenvalue weighted by Crippen LogP contribution is 2.42. The van der Waals surface area contributed by atoms with Crippen molar-refractivity contribution in [3.05, 3.63) is 44.9 Å². The number of pyridine rings is 1. The van der Waals surface area contributed by atoms with Gasteiger partial charge in [-0.2, -0.15) is 10.5 Å². The van der Waals surface area contributed by atoms with Gasteiger partial charge in [-0.05, 0) is 22.0 Å². The van der Waals surface area contributed by atoms with E-state index in [1.165, 1.54) is 6.07 Å². The molecule has 0 saturated carbocycles. The molecule has 0 saturated heterocycles. The summed E-state index contributed by atoms with van der Waals surface area (Å²) in [4.78, 5) is 8.25. The van der Waals surface area contributed by atoms with Gasteiger partial charge in [0.25, 0.3) is 0 Å². The van der Waals surface area contributed by atoms with Gasteiger partial charge in [0.1, 0.15) is 40.9 Å². The maximum Gasteiger partial charge on any atom is 0.211 e. The van der Waals surface area contributed by atoms with Gasteiger partial charge in [-0.3, -0.25) is 5.32 Å². The zero-order valence-electron chi connectivity index (χ0n) is 12.8. The van der Waals surface area contributed by atoms with Crippen LogP contribution in [0.1, 0.15) is 22.7 Å². The smallest absolute Gasteiger partial charge is 0.211 e. The number of benzene rings is 1. The van der Waals surface area contributed by atoms with E-state index in [0.717, 1.165) is 6.07 Å². The quantitative estimate of drug-likeness (QED) is 0.314. The first-order valence-corrected chi connectivity index (χ1v) is 7.80. The van der Waals surface area contributed by atoms with Crippen molar-refractivity contribution in [1.29, 1.82) is 10.5 Å². The fourth-order valence-electron chi connectivity index (χ4n) is 2.56. The minimum Gasteiger partial charge on any atom is -0.397 e. The number of rotatable bonds is 1. The summed E-state index contributed by atoms with van der Waals surface area (Å²) < 4.78 is 27.8. The molecule has 2 heterocycles. The largest absolute Gasteiger partial charge is 0.397 e. The topological polar surface area (TPSA) is 149 Å². The second-order valence-electron chi connectivity index (χ2n) is 5.17. The Balaban J connectivity index is 2.31. The average molecular weight is 419 g/mol. The molecule has 8 nitrogen and oxygen atoms in total. The zero-order valence-corrected chi connectivity index (χ0v) is 14.4. The predicted molar refractivity (Wildman–Crippen MR) is 93.5 cm³/mol. The lowest BCUT2D eigenvalue weighted by molar-refractivity contribution is 0.555. The molecular formula is C15H9BrF2N8. The maximum absolute atomic E-state index is 14.6. The summed E-state index contributed by atoms with van der Waals surface area (Å²) in [6, 6.07) is 3.01. The van der Waals surface area contributed by atoms with Gasteiger partial charge in [0.05, 0.1) is 10.2 Å². The fraction of sp³-hybridized carbons (Fsp3) is 0.0667. The van der Waals surface area contributed by atoms with E-state index in [1.54, 1.807) is 6.19 Å². The number of nitrogen functional groups attached to an aromatic ring is 2. The molecule has 2 aromatic rings. The Morgan fingerprint density at radius 1 is 1.27 bits per heavy atom. The summed E-state index contributed by atoms with van der Waals surface area (Å²) in [7, 11) is 0. The van der Waals surface area contributed by atoms with Crippen molar-refractivity contribution in [3.8, 4) is 12.3 Å². The molecule has 1 aromatic heterocycles. The fourth-order valence-corrected chi connectivity index (χ4v) is 2.92. The van der Waals surface area contributed by atoms with Gasteiger partial charge >= 0.3 is 0 Å². The number of nitrogens with zero attached hydrogens (tertiary/aromatic N) is 4. The van der Waals surface area contributed by atoms with Crippen LogP contribution in [0.5, 0.6) is 0 Å². The van der Waals surface area contributed by atoms with Crippen molar-refractivity contribution in [2.24, 2.45) is 4.99 Å². The lowest BCUT2D eigenvalue weighted by Gasteiger charge is -2.26. The molecule has 0 aliphatic carbocycles. The van der Waals surface area contributed by atoms with Gasteiger partial charge in [0.15, 0.2) is 6.19 Å². The minimum atomic E-state index is -1.08. The van der Waals surface area contributed by atoms with Gasteiger partial charge in [-0.1, -0.05) is 6.07 Å². The van der Waals surface area contributed by atoms with Crippen LogP contribution in [0.3, 0.4) is 0 Å². The first-order valence-electron chi connectivity index (χ1n) is 7.01. The number of nitrogens with two attached hydrogens (primary N) is 2. The van der Waals surface area contributed by atoms with E-state index < -0.39 is 17.7 Å². The Bertz CT molecular complexity index is 1040. The number of hydrogen-bond donors (Lipinski definition) is 4. The summed E-state index contributed by atoms with van der Waals surface area (Å²) in [5, 5.41) is 23.1. The van der Waals surface area contributed by atoms with Crippen LogP contribution in [0.4, 0.5) is 26.1 Å². The molecule has 0 radical (unpaired) electrons. The Morgan fingerprint density at radius 2 is 2.00 bits per heavy atom. The highest BCUT2D eigenvalue weighted by atomic mass is 79.9. The molecule has 0 fully saturated rings. The van der Waals surface area contributed by atoms with E-state index in [1.807, 2.05) is 6.07 Å². The Morgan fingerprint density at radius 3 is 2.65 bits per heavy atom. The standard InChI is InChI=1S/C15H9BrF2N8/c16-9-7(17)2-1-5(10(9)18)12-8-11(21)6(3-19)13(22)25-14(8)26-15(24-12)23-4-20/h1-2,12H,(H6,21,22,23,24,25,26). The number of guanidine groups is 1. The third-order valence-electron chi connectivity index (χ3n) is 3.72. The molecule has 0 spiro atoms. The van der Waals surface area contributed by atoms with E-state index >= 15 is 0 Å². The lowest BCUT2D eigenvalue weighted by Crippen LogP contribution is -2.33. The lowest BCUT2D eigenvalue weighted by atomic mass is 9.95. The molecule has 1 aliphatic heterocycles. The number of nitrogens with one attached hydrogen (secondary N) is 2. The van der Waals surface area contributed by atoms with Crippen molar-refractivity contribution in [3.63, 3.8) is 0 Å². The summed E-state index contributed by atoms with van der Waals surface area (Å²) in [5.74, 6) is -1.73. The molecule has 3 rings (SSSR count). The third-order valence-corrected chi connectivity index (χ3v) is 4.44. The molecule has 0 amide bonds. The van der Waals surface area contributed by atoms with Crippen molar-refractivity contribution < 1.29 is 8.78 Å². The number of aromatic nitrogens is 1.